The number of aromatic nitrogens is 1. The molecule has 0 aliphatic heterocycles. The number of benzene rings is 2. The first-order valence-electron chi connectivity index (χ1n) is 12.0. The lowest BCUT2D eigenvalue weighted by Gasteiger charge is -2.13. The molecule has 0 unspecified atom stereocenters. The number of carbonyl (C=O) groups excluding carboxylic acids is 3. The van der Waals surface area contributed by atoms with Crippen LogP contribution in [0.15, 0.2) is 70.2 Å². The van der Waals surface area contributed by atoms with Gasteiger partial charge in [-0.05, 0) is 44.0 Å². The number of para-hydroxylation sites is 2. The number of methoxy groups -OCH3 is 1. The van der Waals surface area contributed by atoms with Gasteiger partial charge in [0.2, 0.25) is 0 Å². The zero-order valence-electron chi connectivity index (χ0n) is 20.8. The maximum atomic E-state index is 12.9. The van der Waals surface area contributed by atoms with Crippen molar-refractivity contribution < 1.29 is 23.5 Å². The van der Waals surface area contributed by atoms with Gasteiger partial charge in [-0.1, -0.05) is 36.4 Å². The van der Waals surface area contributed by atoms with E-state index < -0.39 is 17.7 Å². The maximum Gasteiger partial charge on any atom is 0.305 e. The van der Waals surface area contributed by atoms with Gasteiger partial charge < -0.3 is 9.15 Å². The average molecular weight is 512 g/mol. The summed E-state index contributed by atoms with van der Waals surface area (Å²) in [7, 11) is 1.46. The molecule has 0 saturated carbocycles. The summed E-state index contributed by atoms with van der Waals surface area (Å²) in [6.45, 7) is 1.74. The van der Waals surface area contributed by atoms with E-state index in [2.05, 4.69) is 26.4 Å². The average Bonchev–Trinajstić information content (AvgIpc) is 3.31. The highest BCUT2D eigenvalue weighted by Gasteiger charge is 2.28. The second-order valence-electron chi connectivity index (χ2n) is 8.71. The lowest BCUT2D eigenvalue weighted by atomic mass is 9.93. The molecule has 0 radical (unpaired) electrons. The smallest absolute Gasteiger partial charge is 0.305 e. The molecule has 2 aromatic heterocycles. The predicted octanol–water partition coefficient (Wildman–Crippen LogP) is 3.69. The van der Waals surface area contributed by atoms with Crippen LogP contribution in [0.5, 0.6) is 5.75 Å². The van der Waals surface area contributed by atoms with Crippen molar-refractivity contribution in [1.29, 1.82) is 0 Å². The van der Waals surface area contributed by atoms with Crippen molar-refractivity contribution in [2.75, 3.05) is 7.11 Å². The molecular weight excluding hydrogens is 486 g/mol. The zero-order chi connectivity index (χ0) is 26.6. The van der Waals surface area contributed by atoms with E-state index in [1.807, 2.05) is 30.3 Å². The van der Waals surface area contributed by atoms with Crippen LogP contribution in [0.4, 0.5) is 0 Å². The fourth-order valence-corrected chi connectivity index (χ4v) is 4.43. The minimum Gasteiger partial charge on any atom is -0.496 e. The number of rotatable bonds is 5. The van der Waals surface area contributed by atoms with Gasteiger partial charge in [-0.3, -0.25) is 25.2 Å². The molecule has 0 spiro atoms. The topological polar surface area (TPSA) is 135 Å². The summed E-state index contributed by atoms with van der Waals surface area (Å²) < 4.78 is 11.0. The van der Waals surface area contributed by atoms with Crippen LogP contribution < -0.4 is 21.0 Å². The van der Waals surface area contributed by atoms with Crippen molar-refractivity contribution >= 4 is 34.3 Å². The molecule has 38 heavy (non-hydrogen) atoms. The van der Waals surface area contributed by atoms with Crippen LogP contribution in [0.3, 0.4) is 0 Å². The van der Waals surface area contributed by atoms with Crippen molar-refractivity contribution in [2.45, 2.75) is 26.2 Å². The Morgan fingerprint density at radius 3 is 2.53 bits per heavy atom. The monoisotopic (exact) mass is 511 g/mol. The molecule has 0 bridgehead atoms. The Bertz CT molecular complexity index is 1590. The van der Waals surface area contributed by atoms with E-state index in [1.54, 1.807) is 37.3 Å². The predicted molar refractivity (Wildman–Crippen MR) is 140 cm³/mol. The standard InChI is InChI=1S/C28H25N5O5/c1-16-24-20(30-32-27(35)21-15-14-17-8-3-5-10-19(17)29-21)11-7-13-23(24)38-25(16)28(36)33-31-26(34)18-9-4-6-12-22(18)37-2/h3-6,8-10,12,14-15H,7,11,13H2,1-2H3,(H,31,34)(H,32,35)(H,33,36)/b30-20+. The highest BCUT2D eigenvalue weighted by Crippen LogP contribution is 2.30. The van der Waals surface area contributed by atoms with E-state index in [-0.39, 0.29) is 17.0 Å². The molecule has 2 heterocycles. The molecule has 1 aliphatic carbocycles. The summed E-state index contributed by atoms with van der Waals surface area (Å²) >= 11 is 0. The third-order valence-corrected chi connectivity index (χ3v) is 6.30. The van der Waals surface area contributed by atoms with Crippen molar-refractivity contribution in [3.05, 3.63) is 94.6 Å². The number of ether oxygens (including phenoxy) is 1. The number of pyridine rings is 1. The molecule has 1 aliphatic rings. The van der Waals surface area contributed by atoms with Crippen molar-refractivity contribution in [3.8, 4) is 5.75 Å². The lowest BCUT2D eigenvalue weighted by Crippen LogP contribution is -2.41. The summed E-state index contributed by atoms with van der Waals surface area (Å²) in [5.41, 5.74) is 10.5. The van der Waals surface area contributed by atoms with Crippen LogP contribution in [0.1, 0.15) is 61.1 Å². The number of furan rings is 1. The van der Waals surface area contributed by atoms with Gasteiger partial charge in [-0.2, -0.15) is 5.10 Å². The lowest BCUT2D eigenvalue weighted by molar-refractivity contribution is 0.0827. The number of nitrogens with one attached hydrogen (secondary N) is 3. The number of fused-ring (bicyclic) bond motifs is 2. The molecule has 192 valence electrons. The molecular formula is C28H25N5O5. The van der Waals surface area contributed by atoms with Crippen LogP contribution in [0, 0.1) is 6.92 Å². The number of amides is 3. The molecule has 5 rings (SSSR count). The van der Waals surface area contributed by atoms with Gasteiger partial charge in [0.15, 0.2) is 5.76 Å². The summed E-state index contributed by atoms with van der Waals surface area (Å²) in [6, 6.07) is 17.7. The Morgan fingerprint density at radius 2 is 1.68 bits per heavy atom. The number of hydrogen-bond acceptors (Lipinski definition) is 7. The van der Waals surface area contributed by atoms with E-state index in [1.165, 1.54) is 7.11 Å². The van der Waals surface area contributed by atoms with Crippen LogP contribution in [-0.2, 0) is 6.42 Å². The summed E-state index contributed by atoms with van der Waals surface area (Å²) in [6.07, 6.45) is 1.97. The Labute approximate surface area is 218 Å². The number of carbonyl (C=O) groups is 3. The zero-order valence-corrected chi connectivity index (χ0v) is 20.8. The number of aryl methyl sites for hydroxylation is 1. The largest absolute Gasteiger partial charge is 0.496 e. The number of hydrazone groups is 1. The van der Waals surface area contributed by atoms with Gasteiger partial charge in [-0.15, -0.1) is 0 Å². The number of nitrogens with zero attached hydrogens (tertiary/aromatic N) is 2. The van der Waals surface area contributed by atoms with Gasteiger partial charge in [0.1, 0.15) is 17.2 Å². The quantitative estimate of drug-likeness (QED) is 0.350. The van der Waals surface area contributed by atoms with E-state index in [4.69, 9.17) is 9.15 Å². The molecule has 10 heteroatoms. The van der Waals surface area contributed by atoms with Crippen molar-refractivity contribution in [3.63, 3.8) is 0 Å². The third kappa shape index (κ3) is 4.83. The SMILES string of the molecule is COc1ccccc1C(=O)NNC(=O)c1oc2c(c1C)/C(=N/NC(=O)c1ccc3ccccc3n1)CCC2. The Morgan fingerprint density at radius 1 is 0.921 bits per heavy atom. The summed E-state index contributed by atoms with van der Waals surface area (Å²) in [4.78, 5) is 42.5. The summed E-state index contributed by atoms with van der Waals surface area (Å²) in [5, 5.41) is 5.29. The minimum absolute atomic E-state index is 0.0625. The molecule has 0 fully saturated rings. The fourth-order valence-electron chi connectivity index (χ4n) is 4.43. The molecule has 3 N–H and O–H groups in total. The number of hydrazine groups is 1. The van der Waals surface area contributed by atoms with Crippen molar-refractivity contribution in [2.24, 2.45) is 5.10 Å². The first-order valence-corrected chi connectivity index (χ1v) is 12.0. The molecule has 2 aromatic carbocycles. The molecule has 0 atom stereocenters. The molecule has 4 aromatic rings. The fraction of sp³-hybridized carbons (Fsp3) is 0.179. The Hall–Kier alpha value is -4.99. The van der Waals surface area contributed by atoms with Gasteiger partial charge in [0.05, 0.1) is 23.9 Å². The van der Waals surface area contributed by atoms with Crippen molar-refractivity contribution in [1.82, 2.24) is 21.3 Å². The Balaban J connectivity index is 1.31. The normalized spacial score (nSPS) is 13.6. The van der Waals surface area contributed by atoms with Gasteiger partial charge in [0, 0.05) is 22.9 Å². The van der Waals surface area contributed by atoms with Gasteiger partial charge in [-0.25, -0.2) is 10.4 Å². The minimum atomic E-state index is -0.608. The van der Waals surface area contributed by atoms with Crippen LogP contribution in [0.2, 0.25) is 0 Å². The molecule has 10 nitrogen and oxygen atoms in total. The Kier molecular flexibility index (Phi) is 6.86. The van der Waals surface area contributed by atoms with Gasteiger partial charge >= 0.3 is 5.91 Å². The highest BCUT2D eigenvalue weighted by molar-refractivity contribution is 6.07. The number of hydrogen-bond donors (Lipinski definition) is 3. The van der Waals surface area contributed by atoms with E-state index in [9.17, 15) is 14.4 Å². The van der Waals surface area contributed by atoms with Gasteiger partial charge in [0.25, 0.3) is 11.8 Å². The first kappa shape index (κ1) is 24.7. The molecule has 3 amide bonds. The second kappa shape index (κ2) is 10.6. The second-order valence-corrected chi connectivity index (χ2v) is 8.71. The summed E-state index contributed by atoms with van der Waals surface area (Å²) in [5.74, 6) is -0.528. The first-order chi connectivity index (χ1) is 18.5. The molecule has 0 saturated heterocycles. The van der Waals surface area contributed by atoms with E-state index in [0.29, 0.717) is 46.7 Å². The van der Waals surface area contributed by atoms with Crippen LogP contribution >= 0.6 is 0 Å². The van der Waals surface area contributed by atoms with E-state index in [0.717, 1.165) is 11.8 Å². The van der Waals surface area contributed by atoms with E-state index >= 15 is 0 Å². The maximum absolute atomic E-state index is 12.9. The van der Waals surface area contributed by atoms with Crippen LogP contribution in [-0.4, -0.2) is 35.5 Å². The highest BCUT2D eigenvalue weighted by atomic mass is 16.5. The third-order valence-electron chi connectivity index (χ3n) is 6.30. The van der Waals surface area contributed by atoms with Crippen LogP contribution in [0.25, 0.3) is 10.9 Å².